The maximum absolute atomic E-state index is 11.2. The number of hydrogen-bond donors (Lipinski definition) is 2. The summed E-state index contributed by atoms with van der Waals surface area (Å²) in [6, 6.07) is 0. The summed E-state index contributed by atoms with van der Waals surface area (Å²) < 4.78 is 74.6. The predicted octanol–water partition coefficient (Wildman–Crippen LogP) is 0.628. The van der Waals surface area contributed by atoms with Gasteiger partial charge in [-0.3, -0.25) is 4.79 Å². The zero-order valence-corrected chi connectivity index (χ0v) is 9.04. The van der Waals surface area contributed by atoms with Gasteiger partial charge >= 0.3 is 12.1 Å². The maximum atomic E-state index is 11.2. The highest BCUT2D eigenvalue weighted by Gasteiger charge is 2.38. The van der Waals surface area contributed by atoms with Crippen molar-refractivity contribution >= 4 is 11.9 Å². The predicted molar refractivity (Wildman–Crippen MR) is 58.0 cm³/mol. The van der Waals surface area contributed by atoms with Crippen LogP contribution in [0.25, 0.3) is 0 Å². The van der Waals surface area contributed by atoms with Gasteiger partial charge in [-0.05, 0) is 20.4 Å². The lowest BCUT2D eigenvalue weighted by atomic mass is 10.2. The molecular formula is C10H15F3N2O3. The van der Waals surface area contributed by atoms with Crippen molar-refractivity contribution in [1.29, 1.82) is 0 Å². The molecule has 0 spiro atoms. The molecule has 0 saturated carbocycles. The number of aliphatic carboxylic acids is 1. The standard InChI is InChI=1S/C8H14N2O.C2HF3O2/c1-10(2)6-4-7-3-5-9-8(7)11;3-2(4,5)1(6)7/h4H,3,5-6H2,1-2H3,(H,9,11);(H,6,7)/b7-4+;/i1D3,2D3;. The van der Waals surface area contributed by atoms with E-state index in [1.807, 2.05) is 0 Å². The molecule has 1 rings (SSSR count). The number of carboxylic acid groups (broad SMARTS) is 1. The Morgan fingerprint density at radius 1 is 1.61 bits per heavy atom. The summed E-state index contributed by atoms with van der Waals surface area (Å²) in [7, 11) is 0. The van der Waals surface area contributed by atoms with E-state index in [4.69, 9.17) is 18.1 Å². The molecule has 1 amide bonds. The van der Waals surface area contributed by atoms with E-state index >= 15 is 0 Å². The van der Waals surface area contributed by atoms with Crippen molar-refractivity contribution in [2.75, 3.05) is 27.0 Å². The average Bonchev–Trinajstić information content (AvgIpc) is 2.71. The number of nitrogens with zero attached hydrogens (tertiary/aromatic N) is 1. The van der Waals surface area contributed by atoms with E-state index in [0.29, 0.717) is 23.4 Å². The summed E-state index contributed by atoms with van der Waals surface area (Å²) in [4.78, 5) is 20.5. The minimum absolute atomic E-state index is 0.263. The number of hydrogen-bond acceptors (Lipinski definition) is 3. The van der Waals surface area contributed by atoms with Crippen LogP contribution in [0.4, 0.5) is 13.2 Å². The molecule has 0 radical (unpaired) electrons. The highest BCUT2D eigenvalue weighted by molar-refractivity contribution is 5.95. The van der Waals surface area contributed by atoms with Gasteiger partial charge in [-0.1, -0.05) is 6.08 Å². The van der Waals surface area contributed by atoms with Crippen molar-refractivity contribution in [3.8, 4) is 0 Å². The van der Waals surface area contributed by atoms with E-state index in [0.717, 1.165) is 0 Å². The first-order chi connectivity index (χ1) is 10.6. The third-order valence-corrected chi connectivity index (χ3v) is 1.73. The summed E-state index contributed by atoms with van der Waals surface area (Å²) in [5.41, 5.74) is 0.434. The van der Waals surface area contributed by atoms with Gasteiger partial charge in [0, 0.05) is 26.9 Å². The lowest BCUT2D eigenvalue weighted by Gasteiger charge is -2.04. The molecule has 0 unspecified atom stereocenters. The zero-order valence-electron chi connectivity index (χ0n) is 15.0. The minimum atomic E-state index is -5.08. The van der Waals surface area contributed by atoms with Crippen molar-refractivity contribution < 1.29 is 36.1 Å². The number of amides is 1. The Bertz CT molecular complexity index is 488. The molecule has 1 aliphatic heterocycles. The zero-order chi connectivity index (χ0) is 19.3. The quantitative estimate of drug-likeness (QED) is 0.725. The number of carbonyl (C=O) groups excluding carboxylic acids is 1. The fraction of sp³-hybridized carbons (Fsp3) is 0.600. The first-order valence-corrected chi connectivity index (χ1v) is 4.62. The number of alkyl halides is 3. The minimum Gasteiger partial charge on any atom is -0.475 e. The van der Waals surface area contributed by atoms with Gasteiger partial charge in [-0.2, -0.15) is 13.2 Å². The number of halogens is 3. The number of rotatable bonds is 2. The molecule has 8 heteroatoms. The third kappa shape index (κ3) is 6.89. The number of carboxylic acids is 1. The molecular weight excluding hydrogens is 253 g/mol. The van der Waals surface area contributed by atoms with Crippen LogP contribution in [0, 0.1) is 0 Å². The van der Waals surface area contributed by atoms with Crippen LogP contribution in [0.1, 0.15) is 14.6 Å². The summed E-state index contributed by atoms with van der Waals surface area (Å²) in [6.45, 7) is -5.21. The van der Waals surface area contributed by atoms with Gasteiger partial charge in [-0.15, -0.1) is 0 Å². The Morgan fingerprint density at radius 2 is 2.17 bits per heavy atom. The van der Waals surface area contributed by atoms with Crippen LogP contribution in [-0.2, 0) is 9.59 Å². The van der Waals surface area contributed by atoms with E-state index < -0.39 is 26.1 Å². The van der Waals surface area contributed by atoms with Crippen LogP contribution in [0.5, 0.6) is 0 Å². The largest absolute Gasteiger partial charge is 0.490 e. The molecule has 0 atom stereocenters. The van der Waals surface area contributed by atoms with Gasteiger partial charge in [0.05, 0.1) is 0 Å². The SMILES string of the molecule is O=C(O)C(F)(F)F.[2H]C([2H])([2H])N(C/C=C1\CCNC1=O)C([2H])([2H])[2H]. The fourth-order valence-electron chi connectivity index (χ4n) is 0.934. The second kappa shape index (κ2) is 7.00. The topological polar surface area (TPSA) is 69.6 Å². The Kier molecular flexibility index (Phi) is 3.31. The molecule has 0 bridgehead atoms. The second-order valence-corrected chi connectivity index (χ2v) is 3.15. The number of likely N-dealkylation sites (N-methyl/N-ethyl adjacent to an activating group) is 1. The van der Waals surface area contributed by atoms with Gasteiger partial charge in [-0.25, -0.2) is 4.79 Å². The van der Waals surface area contributed by atoms with Crippen LogP contribution < -0.4 is 5.32 Å². The summed E-state index contributed by atoms with van der Waals surface area (Å²) in [5, 5.41) is 9.69. The molecule has 0 aromatic carbocycles. The Balaban J connectivity index is 0.000000640. The van der Waals surface area contributed by atoms with Gasteiger partial charge in [0.25, 0.3) is 0 Å². The molecule has 1 saturated heterocycles. The van der Waals surface area contributed by atoms with E-state index in [1.165, 1.54) is 6.08 Å². The van der Waals surface area contributed by atoms with Crippen molar-refractivity contribution in [3.05, 3.63) is 11.6 Å². The molecule has 1 aliphatic rings. The van der Waals surface area contributed by atoms with Gasteiger partial charge in [0.2, 0.25) is 5.91 Å². The third-order valence-electron chi connectivity index (χ3n) is 1.73. The molecule has 18 heavy (non-hydrogen) atoms. The number of carbonyl (C=O) groups is 2. The van der Waals surface area contributed by atoms with Gasteiger partial charge in [0.15, 0.2) is 0 Å². The highest BCUT2D eigenvalue weighted by atomic mass is 19.4. The van der Waals surface area contributed by atoms with E-state index in [1.54, 1.807) is 0 Å². The first kappa shape index (κ1) is 8.52. The van der Waals surface area contributed by atoms with Crippen LogP contribution in [0.2, 0.25) is 0 Å². The number of nitrogens with one attached hydrogen (secondary N) is 1. The normalized spacial score (nSPS) is 23.8. The molecule has 0 aromatic rings. The fourth-order valence-corrected chi connectivity index (χ4v) is 0.934. The van der Waals surface area contributed by atoms with Crippen LogP contribution in [0.3, 0.4) is 0 Å². The van der Waals surface area contributed by atoms with Crippen molar-refractivity contribution in [1.82, 2.24) is 10.2 Å². The highest BCUT2D eigenvalue weighted by Crippen LogP contribution is 2.13. The molecule has 0 aromatic heterocycles. The first-order valence-electron chi connectivity index (χ1n) is 7.62. The van der Waals surface area contributed by atoms with Crippen molar-refractivity contribution in [3.63, 3.8) is 0 Å². The Labute approximate surface area is 111 Å². The maximum Gasteiger partial charge on any atom is 0.490 e. The van der Waals surface area contributed by atoms with Crippen molar-refractivity contribution in [2.45, 2.75) is 12.6 Å². The van der Waals surface area contributed by atoms with Gasteiger partial charge < -0.3 is 15.3 Å². The van der Waals surface area contributed by atoms with E-state index in [2.05, 4.69) is 5.32 Å². The van der Waals surface area contributed by atoms with Gasteiger partial charge in [0.1, 0.15) is 0 Å². The lowest BCUT2D eigenvalue weighted by Crippen LogP contribution is -2.21. The molecule has 104 valence electrons. The second-order valence-electron chi connectivity index (χ2n) is 3.15. The van der Waals surface area contributed by atoms with Crippen molar-refractivity contribution in [2.24, 2.45) is 0 Å². The Hall–Kier alpha value is -1.57. The molecule has 1 heterocycles. The smallest absolute Gasteiger partial charge is 0.475 e. The molecule has 1 fully saturated rings. The van der Waals surface area contributed by atoms with Crippen LogP contribution >= 0.6 is 0 Å². The lowest BCUT2D eigenvalue weighted by molar-refractivity contribution is -0.192. The molecule has 5 nitrogen and oxygen atoms in total. The average molecular weight is 274 g/mol. The van der Waals surface area contributed by atoms with Crippen LogP contribution in [0.15, 0.2) is 11.6 Å². The van der Waals surface area contributed by atoms with Crippen LogP contribution in [-0.4, -0.2) is 55.1 Å². The summed E-state index contributed by atoms with van der Waals surface area (Å²) in [5.74, 6) is -3.02. The summed E-state index contributed by atoms with van der Waals surface area (Å²) >= 11 is 0. The monoisotopic (exact) mass is 274 g/mol. The molecule has 2 N–H and O–H groups in total. The van der Waals surface area contributed by atoms with E-state index in [9.17, 15) is 18.0 Å². The summed E-state index contributed by atoms with van der Waals surface area (Å²) in [6.07, 6.45) is -3.23. The van der Waals surface area contributed by atoms with E-state index in [-0.39, 0.29) is 12.5 Å². The molecule has 0 aliphatic carbocycles. The Morgan fingerprint density at radius 3 is 2.50 bits per heavy atom.